The Kier molecular flexibility index (Phi) is 6.19. The molecule has 1 aliphatic rings. The van der Waals surface area contributed by atoms with Crippen molar-refractivity contribution in [3.8, 4) is 0 Å². The molecule has 1 aromatic carbocycles. The molecule has 2 heterocycles. The van der Waals surface area contributed by atoms with Crippen LogP contribution in [0, 0.1) is 0 Å². The Morgan fingerprint density at radius 3 is 2.44 bits per heavy atom. The van der Waals surface area contributed by atoms with Gasteiger partial charge in [-0.1, -0.05) is 36.4 Å². The molecule has 6 heteroatoms. The molecule has 1 aromatic heterocycles. The summed E-state index contributed by atoms with van der Waals surface area (Å²) in [5.41, 5.74) is 1.29. The number of benzene rings is 1. The first-order valence-corrected chi connectivity index (χ1v) is 9.42. The Labute approximate surface area is 152 Å². The summed E-state index contributed by atoms with van der Waals surface area (Å²) in [6.45, 7) is 4.16. The van der Waals surface area contributed by atoms with Crippen LogP contribution in [0.15, 0.2) is 47.8 Å². The number of nitrogens with one attached hydrogen (secondary N) is 1. The van der Waals surface area contributed by atoms with Crippen LogP contribution in [-0.4, -0.2) is 54.3 Å². The van der Waals surface area contributed by atoms with Gasteiger partial charge in [-0.2, -0.15) is 0 Å². The lowest BCUT2D eigenvalue weighted by atomic mass is 10.2. The van der Waals surface area contributed by atoms with Crippen LogP contribution in [-0.2, 0) is 22.6 Å². The first-order chi connectivity index (χ1) is 12.2. The predicted molar refractivity (Wildman–Crippen MR) is 99.3 cm³/mol. The SMILES string of the molecule is O=C(Cc1cccs1)NCC(=O)N1CCN(Cc2ccccc2)CC1. The van der Waals surface area contributed by atoms with E-state index in [1.54, 1.807) is 11.3 Å². The molecular formula is C19H23N3O2S. The summed E-state index contributed by atoms with van der Waals surface area (Å²) in [6, 6.07) is 14.2. The van der Waals surface area contributed by atoms with Crippen LogP contribution in [0.25, 0.3) is 0 Å². The van der Waals surface area contributed by atoms with Gasteiger partial charge in [0.05, 0.1) is 13.0 Å². The van der Waals surface area contributed by atoms with Gasteiger partial charge in [0.25, 0.3) is 0 Å². The minimum Gasteiger partial charge on any atom is -0.347 e. The van der Waals surface area contributed by atoms with Crippen molar-refractivity contribution in [3.05, 3.63) is 58.3 Å². The highest BCUT2D eigenvalue weighted by atomic mass is 32.1. The zero-order chi connectivity index (χ0) is 17.5. The van der Waals surface area contributed by atoms with Gasteiger partial charge in [0, 0.05) is 37.6 Å². The number of piperazine rings is 1. The van der Waals surface area contributed by atoms with Crippen LogP contribution in [0.3, 0.4) is 0 Å². The molecule has 1 aliphatic heterocycles. The van der Waals surface area contributed by atoms with Crippen LogP contribution in [0.2, 0.25) is 0 Å². The van der Waals surface area contributed by atoms with E-state index in [0.717, 1.165) is 24.5 Å². The lowest BCUT2D eigenvalue weighted by Gasteiger charge is -2.34. The van der Waals surface area contributed by atoms with Gasteiger partial charge in [-0.05, 0) is 17.0 Å². The van der Waals surface area contributed by atoms with Gasteiger partial charge in [0.2, 0.25) is 11.8 Å². The van der Waals surface area contributed by atoms with Gasteiger partial charge in [0.15, 0.2) is 0 Å². The molecule has 5 nitrogen and oxygen atoms in total. The van der Waals surface area contributed by atoms with Gasteiger partial charge in [-0.3, -0.25) is 14.5 Å². The van der Waals surface area contributed by atoms with Crippen LogP contribution >= 0.6 is 11.3 Å². The molecule has 2 aromatic rings. The fourth-order valence-corrected chi connectivity index (χ4v) is 3.62. The highest BCUT2D eigenvalue weighted by Crippen LogP contribution is 2.10. The summed E-state index contributed by atoms with van der Waals surface area (Å²) in [5, 5.41) is 4.68. The molecule has 0 radical (unpaired) electrons. The molecule has 3 rings (SSSR count). The number of amides is 2. The average molecular weight is 357 g/mol. The topological polar surface area (TPSA) is 52.7 Å². The Balaban J connectivity index is 1.37. The van der Waals surface area contributed by atoms with Gasteiger partial charge >= 0.3 is 0 Å². The number of carbonyl (C=O) groups is 2. The summed E-state index contributed by atoms with van der Waals surface area (Å²) >= 11 is 1.55. The molecule has 132 valence electrons. The fourth-order valence-electron chi connectivity index (χ4n) is 2.92. The molecule has 1 saturated heterocycles. The summed E-state index contributed by atoms with van der Waals surface area (Å²) in [7, 11) is 0. The Bertz CT molecular complexity index is 680. The molecule has 0 atom stereocenters. The van der Waals surface area contributed by atoms with E-state index in [-0.39, 0.29) is 18.4 Å². The van der Waals surface area contributed by atoms with Crippen molar-refractivity contribution in [3.63, 3.8) is 0 Å². The van der Waals surface area contributed by atoms with E-state index in [1.807, 2.05) is 40.6 Å². The lowest BCUT2D eigenvalue weighted by Crippen LogP contribution is -2.50. The van der Waals surface area contributed by atoms with Crippen molar-refractivity contribution in [2.75, 3.05) is 32.7 Å². The third kappa shape index (κ3) is 5.41. The highest BCUT2D eigenvalue weighted by molar-refractivity contribution is 7.10. The second-order valence-corrected chi connectivity index (χ2v) is 7.21. The van der Waals surface area contributed by atoms with Gasteiger partial charge in [-0.15, -0.1) is 11.3 Å². The second kappa shape index (κ2) is 8.78. The quantitative estimate of drug-likeness (QED) is 0.857. The predicted octanol–water partition coefficient (Wildman–Crippen LogP) is 1.75. The van der Waals surface area contributed by atoms with Gasteiger partial charge in [0.1, 0.15) is 0 Å². The smallest absolute Gasteiger partial charge is 0.242 e. The van der Waals surface area contributed by atoms with Gasteiger partial charge in [-0.25, -0.2) is 0 Å². The summed E-state index contributed by atoms with van der Waals surface area (Å²) in [5.74, 6) is -0.0996. The van der Waals surface area contributed by atoms with Crippen molar-refractivity contribution < 1.29 is 9.59 Å². The molecule has 0 unspecified atom stereocenters. The minimum atomic E-state index is -0.0986. The van der Waals surface area contributed by atoms with E-state index in [1.165, 1.54) is 5.56 Å². The number of carbonyl (C=O) groups excluding carboxylic acids is 2. The Hall–Kier alpha value is -2.18. The van der Waals surface area contributed by atoms with E-state index in [2.05, 4.69) is 22.3 Å². The zero-order valence-corrected chi connectivity index (χ0v) is 15.0. The van der Waals surface area contributed by atoms with E-state index in [4.69, 9.17) is 0 Å². The maximum absolute atomic E-state index is 12.3. The van der Waals surface area contributed by atoms with Crippen LogP contribution in [0.5, 0.6) is 0 Å². The number of nitrogens with zero attached hydrogens (tertiary/aromatic N) is 2. The minimum absolute atomic E-state index is 0.00103. The van der Waals surface area contributed by atoms with Crippen LogP contribution in [0.4, 0.5) is 0 Å². The van der Waals surface area contributed by atoms with Crippen molar-refractivity contribution >= 4 is 23.2 Å². The number of hydrogen-bond acceptors (Lipinski definition) is 4. The molecular weight excluding hydrogens is 334 g/mol. The van der Waals surface area contributed by atoms with E-state index in [0.29, 0.717) is 19.5 Å². The van der Waals surface area contributed by atoms with Crippen molar-refractivity contribution in [1.82, 2.24) is 15.1 Å². The molecule has 0 spiro atoms. The number of hydrogen-bond donors (Lipinski definition) is 1. The monoisotopic (exact) mass is 357 g/mol. The molecule has 0 bridgehead atoms. The lowest BCUT2D eigenvalue weighted by molar-refractivity contribution is -0.134. The average Bonchev–Trinajstić information content (AvgIpc) is 3.14. The van der Waals surface area contributed by atoms with Crippen molar-refractivity contribution in [2.45, 2.75) is 13.0 Å². The maximum atomic E-state index is 12.3. The molecule has 2 amide bonds. The summed E-state index contributed by atoms with van der Waals surface area (Å²) < 4.78 is 0. The number of thiophene rings is 1. The van der Waals surface area contributed by atoms with E-state index >= 15 is 0 Å². The molecule has 1 fully saturated rings. The largest absolute Gasteiger partial charge is 0.347 e. The van der Waals surface area contributed by atoms with Crippen molar-refractivity contribution in [2.24, 2.45) is 0 Å². The molecule has 0 aliphatic carbocycles. The first kappa shape index (κ1) is 17.6. The normalized spacial score (nSPS) is 15.1. The summed E-state index contributed by atoms with van der Waals surface area (Å²) in [4.78, 5) is 29.3. The van der Waals surface area contributed by atoms with E-state index < -0.39 is 0 Å². The fraction of sp³-hybridized carbons (Fsp3) is 0.368. The van der Waals surface area contributed by atoms with Gasteiger partial charge < -0.3 is 10.2 Å². The molecule has 25 heavy (non-hydrogen) atoms. The second-order valence-electron chi connectivity index (χ2n) is 6.18. The first-order valence-electron chi connectivity index (χ1n) is 8.54. The third-order valence-electron chi connectivity index (χ3n) is 4.33. The van der Waals surface area contributed by atoms with Crippen LogP contribution < -0.4 is 5.32 Å². The maximum Gasteiger partial charge on any atom is 0.242 e. The Morgan fingerprint density at radius 1 is 1.00 bits per heavy atom. The van der Waals surface area contributed by atoms with E-state index in [9.17, 15) is 9.59 Å². The molecule has 0 saturated carbocycles. The Morgan fingerprint density at radius 2 is 1.76 bits per heavy atom. The zero-order valence-electron chi connectivity index (χ0n) is 14.2. The highest BCUT2D eigenvalue weighted by Gasteiger charge is 2.21. The third-order valence-corrected chi connectivity index (χ3v) is 5.20. The molecule has 1 N–H and O–H groups in total. The number of rotatable bonds is 6. The standard InChI is InChI=1S/C19H23N3O2S/c23-18(13-17-7-4-12-25-17)20-14-19(24)22-10-8-21(9-11-22)15-16-5-2-1-3-6-16/h1-7,12H,8-11,13-15H2,(H,20,23). The summed E-state index contributed by atoms with van der Waals surface area (Å²) in [6.07, 6.45) is 0.343. The van der Waals surface area contributed by atoms with Crippen LogP contribution in [0.1, 0.15) is 10.4 Å². The van der Waals surface area contributed by atoms with Crippen molar-refractivity contribution in [1.29, 1.82) is 0 Å².